The van der Waals surface area contributed by atoms with Crippen LogP contribution in [-0.2, 0) is 13.6 Å². The Kier molecular flexibility index (Phi) is 2.43. The van der Waals surface area contributed by atoms with Gasteiger partial charge in [-0.15, -0.1) is 0 Å². The van der Waals surface area contributed by atoms with Crippen molar-refractivity contribution in [1.29, 1.82) is 0 Å². The zero-order valence-corrected chi connectivity index (χ0v) is 8.51. The van der Waals surface area contributed by atoms with E-state index in [1.807, 2.05) is 23.7 Å². The molecule has 4 heteroatoms. The van der Waals surface area contributed by atoms with Gasteiger partial charge in [0.05, 0.1) is 18.4 Å². The van der Waals surface area contributed by atoms with Crippen molar-refractivity contribution in [1.82, 2.24) is 9.55 Å². The van der Waals surface area contributed by atoms with Crippen LogP contribution in [0.5, 0.6) is 5.75 Å². The SMILES string of the molecule is Cn1c(-c2ccc(O)cc2)cnc1CN. The van der Waals surface area contributed by atoms with Gasteiger partial charge in [0, 0.05) is 12.6 Å². The summed E-state index contributed by atoms with van der Waals surface area (Å²) in [4.78, 5) is 4.21. The number of imidazole rings is 1. The summed E-state index contributed by atoms with van der Waals surface area (Å²) in [5, 5.41) is 9.18. The molecular formula is C11H13N3O. The quantitative estimate of drug-likeness (QED) is 0.772. The molecule has 0 aliphatic carbocycles. The Balaban J connectivity index is 2.45. The van der Waals surface area contributed by atoms with Gasteiger partial charge in [-0.3, -0.25) is 0 Å². The number of nitrogens with two attached hydrogens (primary N) is 1. The summed E-state index contributed by atoms with van der Waals surface area (Å²) in [5.41, 5.74) is 7.55. The fourth-order valence-corrected chi connectivity index (χ4v) is 1.54. The lowest BCUT2D eigenvalue weighted by atomic mass is 10.1. The maximum absolute atomic E-state index is 9.18. The molecule has 1 aromatic carbocycles. The molecule has 1 heterocycles. The standard InChI is InChI=1S/C11H13N3O/c1-14-10(7-13-11(14)6-12)8-2-4-9(15)5-3-8/h2-5,7,15H,6,12H2,1H3. The molecule has 0 atom stereocenters. The maximum atomic E-state index is 9.18. The van der Waals surface area contributed by atoms with E-state index in [4.69, 9.17) is 5.73 Å². The molecule has 0 saturated carbocycles. The normalized spacial score (nSPS) is 10.5. The second-order valence-corrected chi connectivity index (χ2v) is 3.37. The van der Waals surface area contributed by atoms with E-state index in [9.17, 15) is 5.11 Å². The van der Waals surface area contributed by atoms with E-state index in [-0.39, 0.29) is 5.75 Å². The molecule has 4 nitrogen and oxygen atoms in total. The molecule has 0 saturated heterocycles. The van der Waals surface area contributed by atoms with Gasteiger partial charge in [0.25, 0.3) is 0 Å². The highest BCUT2D eigenvalue weighted by atomic mass is 16.3. The van der Waals surface area contributed by atoms with Crippen molar-refractivity contribution in [2.75, 3.05) is 0 Å². The van der Waals surface area contributed by atoms with Crippen LogP contribution in [0.15, 0.2) is 30.5 Å². The Labute approximate surface area is 88.0 Å². The summed E-state index contributed by atoms with van der Waals surface area (Å²) in [6, 6.07) is 7.02. The average molecular weight is 203 g/mol. The first kappa shape index (κ1) is 9.73. The van der Waals surface area contributed by atoms with Crippen LogP contribution in [0, 0.1) is 0 Å². The average Bonchev–Trinajstić information content (AvgIpc) is 2.61. The Morgan fingerprint density at radius 2 is 2.00 bits per heavy atom. The molecule has 2 aromatic rings. The fraction of sp³-hybridized carbons (Fsp3) is 0.182. The summed E-state index contributed by atoms with van der Waals surface area (Å²) in [6.07, 6.45) is 1.79. The van der Waals surface area contributed by atoms with Gasteiger partial charge in [-0.1, -0.05) is 0 Å². The number of aromatic nitrogens is 2. The number of hydrogen-bond donors (Lipinski definition) is 2. The zero-order valence-electron chi connectivity index (χ0n) is 8.51. The van der Waals surface area contributed by atoms with E-state index in [2.05, 4.69) is 4.98 Å². The predicted molar refractivity (Wildman–Crippen MR) is 58.2 cm³/mol. The van der Waals surface area contributed by atoms with Gasteiger partial charge < -0.3 is 15.4 Å². The molecule has 0 unspecified atom stereocenters. The van der Waals surface area contributed by atoms with E-state index in [0.29, 0.717) is 6.54 Å². The Hall–Kier alpha value is -1.81. The van der Waals surface area contributed by atoms with Crippen LogP contribution in [0.2, 0.25) is 0 Å². The van der Waals surface area contributed by atoms with E-state index in [1.54, 1.807) is 18.3 Å². The van der Waals surface area contributed by atoms with Gasteiger partial charge in [0.1, 0.15) is 11.6 Å². The predicted octanol–water partition coefficient (Wildman–Crippen LogP) is 1.25. The smallest absolute Gasteiger partial charge is 0.122 e. The number of phenolic OH excluding ortho intramolecular Hbond substituents is 1. The highest BCUT2D eigenvalue weighted by Crippen LogP contribution is 2.21. The third-order valence-electron chi connectivity index (χ3n) is 2.43. The van der Waals surface area contributed by atoms with E-state index >= 15 is 0 Å². The lowest BCUT2D eigenvalue weighted by Crippen LogP contribution is -2.05. The van der Waals surface area contributed by atoms with Crippen molar-refractivity contribution < 1.29 is 5.11 Å². The summed E-state index contributed by atoms with van der Waals surface area (Å²) in [6.45, 7) is 0.425. The first-order valence-corrected chi connectivity index (χ1v) is 4.72. The van der Waals surface area contributed by atoms with Crippen molar-refractivity contribution in [3.8, 4) is 17.0 Å². The molecule has 0 radical (unpaired) electrons. The molecule has 0 spiro atoms. The molecule has 0 bridgehead atoms. The summed E-state index contributed by atoms with van der Waals surface area (Å²) in [7, 11) is 1.93. The van der Waals surface area contributed by atoms with Crippen LogP contribution in [0.1, 0.15) is 5.82 Å². The molecule has 15 heavy (non-hydrogen) atoms. The second-order valence-electron chi connectivity index (χ2n) is 3.37. The third kappa shape index (κ3) is 1.71. The molecular weight excluding hydrogens is 190 g/mol. The summed E-state index contributed by atoms with van der Waals surface area (Å²) < 4.78 is 1.95. The Morgan fingerprint density at radius 3 is 2.53 bits per heavy atom. The van der Waals surface area contributed by atoms with Crippen molar-refractivity contribution in [3.05, 3.63) is 36.3 Å². The number of rotatable bonds is 2. The molecule has 2 rings (SSSR count). The van der Waals surface area contributed by atoms with Gasteiger partial charge in [0.15, 0.2) is 0 Å². The molecule has 0 aliphatic heterocycles. The minimum atomic E-state index is 0.264. The van der Waals surface area contributed by atoms with Crippen LogP contribution < -0.4 is 5.73 Å². The van der Waals surface area contributed by atoms with Gasteiger partial charge >= 0.3 is 0 Å². The largest absolute Gasteiger partial charge is 0.508 e. The van der Waals surface area contributed by atoms with Gasteiger partial charge in [-0.05, 0) is 24.3 Å². The molecule has 0 amide bonds. The van der Waals surface area contributed by atoms with Crippen LogP contribution >= 0.6 is 0 Å². The number of benzene rings is 1. The second kappa shape index (κ2) is 3.74. The van der Waals surface area contributed by atoms with E-state index in [1.165, 1.54) is 0 Å². The van der Waals surface area contributed by atoms with Gasteiger partial charge in [-0.25, -0.2) is 4.98 Å². The van der Waals surface area contributed by atoms with Crippen molar-refractivity contribution >= 4 is 0 Å². The highest BCUT2D eigenvalue weighted by molar-refractivity contribution is 5.60. The van der Waals surface area contributed by atoms with E-state index < -0.39 is 0 Å². The molecule has 0 fully saturated rings. The topological polar surface area (TPSA) is 64.1 Å². The first-order valence-electron chi connectivity index (χ1n) is 4.72. The Bertz CT molecular complexity index is 459. The van der Waals surface area contributed by atoms with Crippen molar-refractivity contribution in [3.63, 3.8) is 0 Å². The van der Waals surface area contributed by atoms with Crippen LogP contribution in [-0.4, -0.2) is 14.7 Å². The molecule has 0 aliphatic rings. The molecule has 1 aromatic heterocycles. The number of hydrogen-bond acceptors (Lipinski definition) is 3. The van der Waals surface area contributed by atoms with E-state index in [0.717, 1.165) is 17.1 Å². The van der Waals surface area contributed by atoms with Crippen LogP contribution in [0.3, 0.4) is 0 Å². The monoisotopic (exact) mass is 203 g/mol. The number of phenols is 1. The fourth-order valence-electron chi connectivity index (χ4n) is 1.54. The van der Waals surface area contributed by atoms with Crippen LogP contribution in [0.25, 0.3) is 11.3 Å². The first-order chi connectivity index (χ1) is 7.22. The maximum Gasteiger partial charge on any atom is 0.122 e. The third-order valence-corrected chi connectivity index (χ3v) is 2.43. The minimum absolute atomic E-state index is 0.264. The zero-order chi connectivity index (χ0) is 10.8. The van der Waals surface area contributed by atoms with Gasteiger partial charge in [-0.2, -0.15) is 0 Å². The lowest BCUT2D eigenvalue weighted by molar-refractivity contribution is 0.475. The van der Waals surface area contributed by atoms with Crippen molar-refractivity contribution in [2.45, 2.75) is 6.54 Å². The Morgan fingerprint density at radius 1 is 1.33 bits per heavy atom. The summed E-state index contributed by atoms with van der Waals surface area (Å²) >= 11 is 0. The minimum Gasteiger partial charge on any atom is -0.508 e. The molecule has 3 N–H and O–H groups in total. The summed E-state index contributed by atoms with van der Waals surface area (Å²) in [5.74, 6) is 1.11. The highest BCUT2D eigenvalue weighted by Gasteiger charge is 2.06. The lowest BCUT2D eigenvalue weighted by Gasteiger charge is -2.04. The number of nitrogens with zero attached hydrogens (tertiary/aromatic N) is 2. The van der Waals surface area contributed by atoms with Gasteiger partial charge in [0.2, 0.25) is 0 Å². The number of aromatic hydroxyl groups is 1. The molecule has 78 valence electrons. The van der Waals surface area contributed by atoms with Crippen LogP contribution in [0.4, 0.5) is 0 Å². The van der Waals surface area contributed by atoms with Crippen molar-refractivity contribution in [2.24, 2.45) is 12.8 Å².